The van der Waals surface area contributed by atoms with E-state index in [-0.39, 0.29) is 0 Å². The van der Waals surface area contributed by atoms with E-state index in [2.05, 4.69) is 52.3 Å². The standard InChI is InChI=1S/C24H33N5O/c1-17(2)5-10-24-27-21(13-19-6-8-20(30-4)9-7-19)22-15-28(11-12-29(22)24)16-23-25-14-18(3)26-23/h6-9,14,17H,5,10-13,15-16H2,1-4H3,(H,25,26). The van der Waals surface area contributed by atoms with Crippen molar-refractivity contribution < 1.29 is 4.74 Å². The number of nitrogens with zero attached hydrogens (tertiary/aromatic N) is 4. The van der Waals surface area contributed by atoms with Crippen molar-refractivity contribution in [2.75, 3.05) is 13.7 Å². The van der Waals surface area contributed by atoms with E-state index in [9.17, 15) is 0 Å². The number of aromatic nitrogens is 4. The first kappa shape index (κ1) is 20.7. The molecule has 1 N–H and O–H groups in total. The predicted octanol–water partition coefficient (Wildman–Crippen LogP) is 4.12. The Morgan fingerprint density at radius 2 is 1.97 bits per heavy atom. The minimum absolute atomic E-state index is 0.685. The SMILES string of the molecule is COc1ccc(Cc2nc(CCC(C)C)n3c2CN(Cc2ncc(C)[nH]2)CC3)cc1. The summed E-state index contributed by atoms with van der Waals surface area (Å²) in [6.07, 6.45) is 4.98. The van der Waals surface area contributed by atoms with Crippen LogP contribution in [0.2, 0.25) is 0 Å². The van der Waals surface area contributed by atoms with Crippen LogP contribution in [0.4, 0.5) is 0 Å². The summed E-state index contributed by atoms with van der Waals surface area (Å²) in [5.74, 6) is 3.86. The third kappa shape index (κ3) is 4.75. The summed E-state index contributed by atoms with van der Waals surface area (Å²) in [7, 11) is 1.71. The summed E-state index contributed by atoms with van der Waals surface area (Å²) in [5, 5.41) is 0. The molecule has 30 heavy (non-hydrogen) atoms. The van der Waals surface area contributed by atoms with Gasteiger partial charge in [0.25, 0.3) is 0 Å². The molecule has 0 atom stereocenters. The topological polar surface area (TPSA) is 59.0 Å². The van der Waals surface area contributed by atoms with E-state index in [1.54, 1.807) is 7.11 Å². The number of benzene rings is 1. The van der Waals surface area contributed by atoms with Gasteiger partial charge in [-0.15, -0.1) is 0 Å². The number of hydrogen-bond acceptors (Lipinski definition) is 4. The molecule has 3 aromatic rings. The molecule has 0 spiro atoms. The van der Waals surface area contributed by atoms with Crippen LogP contribution in [0.3, 0.4) is 0 Å². The lowest BCUT2D eigenvalue weighted by atomic mass is 10.1. The molecular formula is C24H33N5O. The van der Waals surface area contributed by atoms with Crippen molar-refractivity contribution in [1.82, 2.24) is 24.4 Å². The van der Waals surface area contributed by atoms with Gasteiger partial charge in [-0.25, -0.2) is 9.97 Å². The number of imidazole rings is 2. The van der Waals surface area contributed by atoms with Gasteiger partial charge < -0.3 is 14.3 Å². The maximum absolute atomic E-state index is 5.31. The van der Waals surface area contributed by atoms with Gasteiger partial charge in [0.05, 0.1) is 25.0 Å². The van der Waals surface area contributed by atoms with Gasteiger partial charge in [0.15, 0.2) is 0 Å². The maximum Gasteiger partial charge on any atom is 0.120 e. The summed E-state index contributed by atoms with van der Waals surface area (Å²) < 4.78 is 7.78. The van der Waals surface area contributed by atoms with Crippen LogP contribution in [-0.4, -0.2) is 38.1 Å². The average Bonchev–Trinajstić information content (AvgIpc) is 3.30. The van der Waals surface area contributed by atoms with Crippen molar-refractivity contribution in [1.29, 1.82) is 0 Å². The van der Waals surface area contributed by atoms with Crippen molar-refractivity contribution in [3.63, 3.8) is 0 Å². The molecule has 0 unspecified atom stereocenters. The van der Waals surface area contributed by atoms with Crippen LogP contribution >= 0.6 is 0 Å². The first-order chi connectivity index (χ1) is 14.5. The molecule has 1 aliphatic rings. The van der Waals surface area contributed by atoms with Crippen LogP contribution in [0.15, 0.2) is 30.5 Å². The Morgan fingerprint density at radius 1 is 1.17 bits per heavy atom. The van der Waals surface area contributed by atoms with Crippen LogP contribution in [0.1, 0.15) is 54.6 Å². The zero-order valence-electron chi connectivity index (χ0n) is 18.6. The van der Waals surface area contributed by atoms with E-state index in [0.29, 0.717) is 5.92 Å². The lowest BCUT2D eigenvalue weighted by Crippen LogP contribution is -2.34. The van der Waals surface area contributed by atoms with Gasteiger partial charge in [0.1, 0.15) is 17.4 Å². The fraction of sp³-hybridized carbons (Fsp3) is 0.500. The van der Waals surface area contributed by atoms with Gasteiger partial charge in [-0.05, 0) is 37.0 Å². The van der Waals surface area contributed by atoms with Crippen molar-refractivity contribution in [3.8, 4) is 5.75 Å². The van der Waals surface area contributed by atoms with Gasteiger partial charge in [0, 0.05) is 44.4 Å². The van der Waals surface area contributed by atoms with Gasteiger partial charge in [-0.3, -0.25) is 4.90 Å². The Balaban J connectivity index is 1.57. The molecule has 0 saturated carbocycles. The molecule has 6 nitrogen and oxygen atoms in total. The number of rotatable bonds is 8. The fourth-order valence-corrected chi connectivity index (χ4v) is 4.15. The highest BCUT2D eigenvalue weighted by molar-refractivity contribution is 5.32. The van der Waals surface area contributed by atoms with Crippen LogP contribution < -0.4 is 4.74 Å². The second-order valence-corrected chi connectivity index (χ2v) is 8.75. The van der Waals surface area contributed by atoms with Crippen molar-refractivity contribution in [2.45, 2.75) is 59.7 Å². The van der Waals surface area contributed by atoms with E-state index < -0.39 is 0 Å². The van der Waals surface area contributed by atoms with Crippen LogP contribution in [-0.2, 0) is 32.5 Å². The molecule has 4 rings (SSSR count). The fourth-order valence-electron chi connectivity index (χ4n) is 4.15. The molecular weight excluding hydrogens is 374 g/mol. The minimum Gasteiger partial charge on any atom is -0.497 e. The summed E-state index contributed by atoms with van der Waals surface area (Å²) in [6, 6.07) is 8.35. The molecule has 0 fully saturated rings. The average molecular weight is 408 g/mol. The second-order valence-electron chi connectivity index (χ2n) is 8.75. The highest BCUT2D eigenvalue weighted by Crippen LogP contribution is 2.25. The van der Waals surface area contributed by atoms with Crippen LogP contribution in [0.25, 0.3) is 0 Å². The summed E-state index contributed by atoms with van der Waals surface area (Å²) >= 11 is 0. The number of ether oxygens (including phenoxy) is 1. The molecule has 0 radical (unpaired) electrons. The zero-order valence-corrected chi connectivity index (χ0v) is 18.6. The van der Waals surface area contributed by atoms with Crippen LogP contribution in [0, 0.1) is 12.8 Å². The van der Waals surface area contributed by atoms with E-state index >= 15 is 0 Å². The molecule has 0 saturated heterocycles. The van der Waals surface area contributed by atoms with Gasteiger partial charge in [0.2, 0.25) is 0 Å². The van der Waals surface area contributed by atoms with E-state index in [1.807, 2.05) is 18.3 Å². The number of nitrogens with one attached hydrogen (secondary N) is 1. The molecule has 3 heterocycles. The Morgan fingerprint density at radius 3 is 2.63 bits per heavy atom. The number of H-pyrrole nitrogens is 1. The minimum atomic E-state index is 0.685. The van der Waals surface area contributed by atoms with Crippen LogP contribution in [0.5, 0.6) is 5.75 Å². The molecule has 2 aromatic heterocycles. The monoisotopic (exact) mass is 407 g/mol. The molecule has 1 aromatic carbocycles. The third-order valence-electron chi connectivity index (χ3n) is 5.85. The van der Waals surface area contributed by atoms with Gasteiger partial charge in [-0.1, -0.05) is 26.0 Å². The molecule has 6 heteroatoms. The molecule has 0 bridgehead atoms. The molecule has 0 amide bonds. The molecule has 160 valence electrons. The number of methoxy groups -OCH3 is 1. The van der Waals surface area contributed by atoms with E-state index in [0.717, 1.165) is 56.3 Å². The molecule has 0 aliphatic carbocycles. The Kier molecular flexibility index (Phi) is 6.23. The van der Waals surface area contributed by atoms with E-state index in [4.69, 9.17) is 9.72 Å². The zero-order chi connectivity index (χ0) is 21.1. The normalized spacial score (nSPS) is 14.3. The summed E-state index contributed by atoms with van der Waals surface area (Å²) in [6.45, 7) is 10.4. The first-order valence-corrected chi connectivity index (χ1v) is 10.9. The van der Waals surface area contributed by atoms with E-state index in [1.165, 1.54) is 29.2 Å². The smallest absolute Gasteiger partial charge is 0.120 e. The van der Waals surface area contributed by atoms with Crippen molar-refractivity contribution in [3.05, 3.63) is 64.8 Å². The second kappa shape index (κ2) is 9.04. The van der Waals surface area contributed by atoms with Gasteiger partial charge in [-0.2, -0.15) is 0 Å². The lowest BCUT2D eigenvalue weighted by Gasteiger charge is -2.29. The largest absolute Gasteiger partial charge is 0.497 e. The Labute approximate surface area is 179 Å². The Bertz CT molecular complexity index is 970. The number of aryl methyl sites for hydroxylation is 2. The number of hydrogen-bond donors (Lipinski definition) is 1. The number of fused-ring (bicyclic) bond motifs is 1. The Hall–Kier alpha value is -2.60. The summed E-state index contributed by atoms with van der Waals surface area (Å²) in [4.78, 5) is 15.5. The first-order valence-electron chi connectivity index (χ1n) is 10.9. The predicted molar refractivity (Wildman–Crippen MR) is 119 cm³/mol. The number of aromatic amines is 1. The quantitative estimate of drug-likeness (QED) is 0.610. The lowest BCUT2D eigenvalue weighted by molar-refractivity contribution is 0.206. The molecule has 1 aliphatic heterocycles. The third-order valence-corrected chi connectivity index (χ3v) is 5.85. The van der Waals surface area contributed by atoms with Crippen molar-refractivity contribution in [2.24, 2.45) is 5.92 Å². The summed E-state index contributed by atoms with van der Waals surface area (Å²) in [5.41, 5.74) is 4.95. The highest BCUT2D eigenvalue weighted by atomic mass is 16.5. The maximum atomic E-state index is 5.31. The van der Waals surface area contributed by atoms with Crippen molar-refractivity contribution >= 4 is 0 Å². The van der Waals surface area contributed by atoms with Gasteiger partial charge >= 0.3 is 0 Å². The highest BCUT2D eigenvalue weighted by Gasteiger charge is 2.24.